The average Bonchev–Trinajstić information content (AvgIpc) is 3.18. The minimum absolute atomic E-state index is 0.190. The number of carboxylic acids is 1. The Kier molecular flexibility index (Phi) is 9.69. The van der Waals surface area contributed by atoms with Crippen LogP contribution in [0.5, 0.6) is 11.5 Å². The number of rotatable bonds is 12. The molecule has 7 nitrogen and oxygen atoms in total. The average molecular weight is 568 g/mol. The van der Waals surface area contributed by atoms with Crippen LogP contribution in [0.1, 0.15) is 22.8 Å². The van der Waals surface area contributed by atoms with E-state index in [0.717, 1.165) is 27.8 Å². The van der Waals surface area contributed by atoms with Gasteiger partial charge in [-0.1, -0.05) is 72.5 Å². The van der Waals surface area contributed by atoms with Crippen LogP contribution in [-0.4, -0.2) is 53.1 Å². The van der Waals surface area contributed by atoms with Crippen LogP contribution in [0.2, 0.25) is 0 Å². The van der Waals surface area contributed by atoms with Crippen molar-refractivity contribution in [3.63, 3.8) is 0 Å². The molecule has 1 N–H and O–H groups in total. The minimum atomic E-state index is -1.14. The van der Waals surface area contributed by atoms with E-state index in [4.69, 9.17) is 31.5 Å². The molecule has 0 spiro atoms. The highest BCUT2D eigenvalue weighted by atomic mass is 32.2. The third-order valence-electron chi connectivity index (χ3n) is 5.75. The van der Waals surface area contributed by atoms with E-state index in [0.29, 0.717) is 35.0 Å². The number of halogens is 1. The lowest BCUT2D eigenvalue weighted by Gasteiger charge is -2.21. The first-order valence-corrected chi connectivity index (χ1v) is 13.3. The minimum Gasteiger partial charge on any atom is -0.489 e. The Labute approximate surface area is 235 Å². The molecule has 1 aliphatic rings. The topological polar surface area (TPSA) is 85.3 Å². The van der Waals surface area contributed by atoms with Gasteiger partial charge in [0.05, 0.1) is 18.1 Å². The molecule has 3 aromatic carbocycles. The number of benzene rings is 3. The molecule has 1 atom stereocenters. The highest BCUT2D eigenvalue weighted by molar-refractivity contribution is 8.26. The molecular weight excluding hydrogens is 541 g/mol. The molecule has 1 amide bonds. The molecule has 202 valence electrons. The van der Waals surface area contributed by atoms with Crippen LogP contribution in [0.25, 0.3) is 6.08 Å². The molecule has 0 saturated carbocycles. The largest absolute Gasteiger partial charge is 0.489 e. The van der Waals surface area contributed by atoms with E-state index in [1.165, 1.54) is 12.1 Å². The maximum Gasteiger partial charge on any atom is 0.323 e. The highest BCUT2D eigenvalue weighted by Crippen LogP contribution is 2.36. The van der Waals surface area contributed by atoms with Crippen LogP contribution >= 0.6 is 24.0 Å². The lowest BCUT2D eigenvalue weighted by atomic mass is 10.1. The van der Waals surface area contributed by atoms with Crippen molar-refractivity contribution in [3.8, 4) is 11.5 Å². The summed E-state index contributed by atoms with van der Waals surface area (Å²) >= 11 is 6.24. The van der Waals surface area contributed by atoms with E-state index < -0.39 is 24.5 Å². The molecule has 0 radical (unpaired) electrons. The molecule has 1 unspecified atom stereocenters. The van der Waals surface area contributed by atoms with Gasteiger partial charge in [0.25, 0.3) is 5.91 Å². The van der Waals surface area contributed by atoms with Crippen molar-refractivity contribution in [2.24, 2.45) is 0 Å². The van der Waals surface area contributed by atoms with Gasteiger partial charge in [-0.3, -0.25) is 14.5 Å². The van der Waals surface area contributed by atoms with Gasteiger partial charge < -0.3 is 19.3 Å². The van der Waals surface area contributed by atoms with Gasteiger partial charge in [0, 0.05) is 13.5 Å². The number of aliphatic carboxylic acids is 1. The van der Waals surface area contributed by atoms with Crippen molar-refractivity contribution >= 4 is 46.3 Å². The molecule has 1 fully saturated rings. The predicted molar refractivity (Wildman–Crippen MR) is 151 cm³/mol. The Hall–Kier alpha value is -3.73. The third-order valence-corrected chi connectivity index (χ3v) is 7.13. The van der Waals surface area contributed by atoms with Crippen molar-refractivity contribution < 1.29 is 33.3 Å². The zero-order valence-corrected chi connectivity index (χ0v) is 22.7. The number of hydrogen-bond donors (Lipinski definition) is 1. The Balaban J connectivity index is 1.60. The van der Waals surface area contributed by atoms with E-state index in [1.54, 1.807) is 43.5 Å². The molecule has 4 rings (SSSR count). The number of thiocarbonyl (C=S) groups is 1. The normalized spacial score (nSPS) is 15.0. The fraction of sp³-hybridized carbons (Fsp3) is 0.207. The molecule has 0 aliphatic carbocycles. The fourth-order valence-corrected chi connectivity index (χ4v) is 5.10. The highest BCUT2D eigenvalue weighted by Gasteiger charge is 2.33. The Morgan fingerprint density at radius 1 is 1.10 bits per heavy atom. The van der Waals surface area contributed by atoms with E-state index in [-0.39, 0.29) is 16.7 Å². The van der Waals surface area contributed by atoms with Crippen molar-refractivity contribution in [2.75, 3.05) is 26.9 Å². The first kappa shape index (κ1) is 28.3. The van der Waals surface area contributed by atoms with Gasteiger partial charge in [-0.05, 0) is 47.0 Å². The van der Waals surface area contributed by atoms with Crippen molar-refractivity contribution in [3.05, 3.63) is 100 Å². The van der Waals surface area contributed by atoms with E-state index in [2.05, 4.69) is 0 Å². The smallest absolute Gasteiger partial charge is 0.323 e. The van der Waals surface area contributed by atoms with Gasteiger partial charge in [0.1, 0.15) is 22.8 Å². The molecule has 0 aromatic heterocycles. The number of carboxylic acid groups (broad SMARTS) is 1. The predicted octanol–water partition coefficient (Wildman–Crippen LogP) is 5.50. The van der Waals surface area contributed by atoms with E-state index in [9.17, 15) is 14.0 Å². The summed E-state index contributed by atoms with van der Waals surface area (Å²) in [5.74, 6) is -0.970. The lowest BCUT2D eigenvalue weighted by molar-refractivity contribution is -0.140. The number of thioether (sulfide) groups is 1. The third kappa shape index (κ3) is 7.66. The second-order valence-electron chi connectivity index (χ2n) is 8.57. The number of ether oxygens (including phenoxy) is 3. The number of nitrogens with zero attached hydrogens (tertiary/aromatic N) is 1. The van der Waals surface area contributed by atoms with E-state index in [1.807, 2.05) is 30.3 Å². The maximum atomic E-state index is 13.2. The molecule has 1 heterocycles. The Morgan fingerprint density at radius 2 is 1.85 bits per heavy atom. The van der Waals surface area contributed by atoms with Crippen molar-refractivity contribution in [2.45, 2.75) is 12.5 Å². The van der Waals surface area contributed by atoms with Gasteiger partial charge in [0.15, 0.2) is 11.5 Å². The summed E-state index contributed by atoms with van der Waals surface area (Å²) in [4.78, 5) is 25.2. The number of amides is 1. The first-order chi connectivity index (χ1) is 18.8. The molecule has 3 aromatic rings. The van der Waals surface area contributed by atoms with Gasteiger partial charge in [0.2, 0.25) is 0 Å². The second-order valence-corrected chi connectivity index (χ2v) is 10.2. The van der Waals surface area contributed by atoms with Crippen LogP contribution in [0.3, 0.4) is 0 Å². The fourth-order valence-electron chi connectivity index (χ4n) is 3.85. The second kappa shape index (κ2) is 13.4. The first-order valence-electron chi connectivity index (χ1n) is 12.0. The standard InChI is InChI=1S/C29H26FNO6S2/c1-35-18-25(21-5-3-2-4-6-21)37-24-15-20(16-26-28(34)31(17-27(32)33)29(38)39-26)9-12-23(24)36-14-13-19-7-10-22(30)11-8-19/h2-12,15-16,25H,13-14,17-18H2,1H3,(H,32,33)/b26-16-. The Bertz CT molecular complexity index is 1360. The van der Waals surface area contributed by atoms with Gasteiger partial charge in [-0.25, -0.2) is 4.39 Å². The lowest BCUT2D eigenvalue weighted by Crippen LogP contribution is -2.33. The summed E-state index contributed by atoms with van der Waals surface area (Å²) in [5, 5.41) is 9.09. The molecule has 39 heavy (non-hydrogen) atoms. The van der Waals surface area contributed by atoms with Crippen LogP contribution in [0, 0.1) is 5.82 Å². The molecule has 1 aliphatic heterocycles. The summed E-state index contributed by atoms with van der Waals surface area (Å²) < 4.78 is 31.3. The molecule has 1 saturated heterocycles. The maximum absolute atomic E-state index is 13.2. The van der Waals surface area contributed by atoms with Gasteiger partial charge >= 0.3 is 5.97 Å². The Morgan fingerprint density at radius 3 is 2.54 bits per heavy atom. The van der Waals surface area contributed by atoms with Gasteiger partial charge in [-0.15, -0.1) is 0 Å². The zero-order valence-electron chi connectivity index (χ0n) is 21.0. The van der Waals surface area contributed by atoms with Crippen LogP contribution in [0.15, 0.2) is 77.7 Å². The zero-order chi connectivity index (χ0) is 27.8. The van der Waals surface area contributed by atoms with Crippen molar-refractivity contribution in [1.29, 1.82) is 0 Å². The van der Waals surface area contributed by atoms with Crippen LogP contribution in [0.4, 0.5) is 4.39 Å². The number of methoxy groups -OCH3 is 1. The van der Waals surface area contributed by atoms with E-state index >= 15 is 0 Å². The number of carbonyl (C=O) groups is 2. The number of hydrogen-bond acceptors (Lipinski definition) is 7. The SMILES string of the molecule is COCC(Oc1cc(/C=C2\SC(=S)N(CC(=O)O)C2=O)ccc1OCCc1ccc(F)cc1)c1ccccc1. The number of carbonyl (C=O) groups excluding carboxylic acids is 1. The van der Waals surface area contributed by atoms with Gasteiger partial charge in [-0.2, -0.15) is 0 Å². The van der Waals surface area contributed by atoms with Crippen LogP contribution < -0.4 is 9.47 Å². The summed E-state index contributed by atoms with van der Waals surface area (Å²) in [6.07, 6.45) is 1.78. The van der Waals surface area contributed by atoms with Crippen molar-refractivity contribution in [1.82, 2.24) is 4.90 Å². The summed E-state index contributed by atoms with van der Waals surface area (Å²) in [7, 11) is 1.59. The van der Waals surface area contributed by atoms with Crippen LogP contribution in [-0.2, 0) is 20.7 Å². The molecule has 0 bridgehead atoms. The monoisotopic (exact) mass is 567 g/mol. The quantitative estimate of drug-likeness (QED) is 0.227. The summed E-state index contributed by atoms with van der Waals surface area (Å²) in [6.45, 7) is 0.125. The molecule has 10 heteroatoms. The summed E-state index contributed by atoms with van der Waals surface area (Å²) in [5.41, 5.74) is 2.49. The summed E-state index contributed by atoms with van der Waals surface area (Å²) in [6, 6.07) is 21.1. The molecular formula is C29H26FNO6S2.